The molecule has 1 aliphatic heterocycles. The van der Waals surface area contributed by atoms with E-state index in [1.54, 1.807) is 0 Å². The lowest BCUT2D eigenvalue weighted by Gasteiger charge is -2.44. The summed E-state index contributed by atoms with van der Waals surface area (Å²) in [5, 5.41) is 3.79. The summed E-state index contributed by atoms with van der Waals surface area (Å²) in [5.74, 6) is 0. The Kier molecular flexibility index (Phi) is 6.10. The molecular formula is C18H36N2O. The summed E-state index contributed by atoms with van der Waals surface area (Å²) < 4.78 is 5.52. The van der Waals surface area contributed by atoms with Crippen LogP contribution >= 0.6 is 0 Å². The van der Waals surface area contributed by atoms with E-state index in [9.17, 15) is 0 Å². The van der Waals surface area contributed by atoms with E-state index in [4.69, 9.17) is 4.74 Å². The van der Waals surface area contributed by atoms with Gasteiger partial charge in [0.25, 0.3) is 0 Å². The van der Waals surface area contributed by atoms with Gasteiger partial charge in [-0.1, -0.05) is 19.3 Å². The molecule has 1 saturated carbocycles. The molecule has 3 heteroatoms. The van der Waals surface area contributed by atoms with Crippen LogP contribution in [0.15, 0.2) is 0 Å². The van der Waals surface area contributed by atoms with Gasteiger partial charge in [-0.25, -0.2) is 0 Å². The first kappa shape index (κ1) is 17.2. The Morgan fingerprint density at radius 3 is 2.29 bits per heavy atom. The van der Waals surface area contributed by atoms with Gasteiger partial charge in [0.1, 0.15) is 0 Å². The van der Waals surface area contributed by atoms with Gasteiger partial charge in [-0.2, -0.15) is 0 Å². The normalized spacial score (nSPS) is 24.4. The van der Waals surface area contributed by atoms with Crippen LogP contribution in [0.2, 0.25) is 0 Å². The zero-order valence-electron chi connectivity index (χ0n) is 14.7. The summed E-state index contributed by atoms with van der Waals surface area (Å²) in [6.45, 7) is 11.2. The molecule has 0 radical (unpaired) electrons. The molecule has 21 heavy (non-hydrogen) atoms. The number of nitrogens with one attached hydrogen (secondary N) is 1. The molecule has 1 aliphatic carbocycles. The Morgan fingerprint density at radius 1 is 1.10 bits per heavy atom. The molecular weight excluding hydrogens is 260 g/mol. The monoisotopic (exact) mass is 296 g/mol. The predicted molar refractivity (Wildman–Crippen MR) is 89.7 cm³/mol. The van der Waals surface area contributed by atoms with Crippen molar-refractivity contribution >= 4 is 0 Å². The van der Waals surface area contributed by atoms with Crippen molar-refractivity contribution in [2.24, 2.45) is 5.41 Å². The lowest BCUT2D eigenvalue weighted by atomic mass is 9.73. The van der Waals surface area contributed by atoms with Gasteiger partial charge in [0.15, 0.2) is 0 Å². The van der Waals surface area contributed by atoms with Crippen LogP contribution in [-0.2, 0) is 4.74 Å². The fourth-order valence-electron chi connectivity index (χ4n) is 3.93. The van der Waals surface area contributed by atoms with Gasteiger partial charge in [-0.05, 0) is 58.9 Å². The molecule has 1 saturated heterocycles. The maximum Gasteiger partial charge on any atom is 0.0480 e. The van der Waals surface area contributed by atoms with Crippen LogP contribution in [0.4, 0.5) is 0 Å². The van der Waals surface area contributed by atoms with Crippen LogP contribution in [0.3, 0.4) is 0 Å². The summed E-state index contributed by atoms with van der Waals surface area (Å²) in [5.41, 5.74) is 0.709. The lowest BCUT2D eigenvalue weighted by molar-refractivity contribution is 0.0182. The molecule has 0 amide bonds. The molecule has 0 aromatic rings. The molecule has 0 aromatic carbocycles. The van der Waals surface area contributed by atoms with E-state index in [0.29, 0.717) is 5.41 Å². The Morgan fingerprint density at radius 2 is 1.71 bits per heavy atom. The molecule has 0 atom stereocenters. The number of rotatable bonds is 5. The molecule has 0 unspecified atom stereocenters. The first-order valence-corrected chi connectivity index (χ1v) is 8.93. The van der Waals surface area contributed by atoms with E-state index in [1.807, 2.05) is 0 Å². The average molecular weight is 296 g/mol. The first-order chi connectivity index (χ1) is 9.90. The van der Waals surface area contributed by atoms with Crippen LogP contribution in [0.1, 0.15) is 65.7 Å². The summed E-state index contributed by atoms with van der Waals surface area (Å²) in [4.78, 5) is 2.64. The van der Waals surface area contributed by atoms with E-state index in [1.165, 1.54) is 58.0 Å². The fourth-order valence-corrected chi connectivity index (χ4v) is 3.93. The Hall–Kier alpha value is -0.120. The van der Waals surface area contributed by atoms with Crippen molar-refractivity contribution < 1.29 is 4.74 Å². The third kappa shape index (κ3) is 5.54. The maximum atomic E-state index is 5.52. The Labute approximate surface area is 131 Å². The van der Waals surface area contributed by atoms with Gasteiger partial charge in [0, 0.05) is 37.9 Å². The van der Waals surface area contributed by atoms with Crippen LogP contribution in [0.5, 0.6) is 0 Å². The molecule has 0 aromatic heterocycles. The van der Waals surface area contributed by atoms with Crippen molar-refractivity contribution in [1.29, 1.82) is 0 Å². The van der Waals surface area contributed by atoms with Crippen molar-refractivity contribution in [2.75, 3.05) is 33.4 Å². The largest absolute Gasteiger partial charge is 0.381 e. The lowest BCUT2D eigenvalue weighted by Crippen LogP contribution is -2.51. The van der Waals surface area contributed by atoms with Gasteiger partial charge >= 0.3 is 0 Å². The molecule has 0 spiro atoms. The molecule has 2 aliphatic rings. The minimum absolute atomic E-state index is 0.224. The highest BCUT2D eigenvalue weighted by Crippen LogP contribution is 2.37. The van der Waals surface area contributed by atoms with Crippen molar-refractivity contribution in [3.05, 3.63) is 0 Å². The minimum Gasteiger partial charge on any atom is -0.381 e. The number of ether oxygens (including phenoxy) is 1. The highest BCUT2D eigenvalue weighted by atomic mass is 16.5. The quantitative estimate of drug-likeness (QED) is 0.841. The Balaban J connectivity index is 1.94. The van der Waals surface area contributed by atoms with Crippen LogP contribution in [-0.4, -0.2) is 49.8 Å². The highest BCUT2D eigenvalue weighted by Gasteiger charge is 2.35. The van der Waals surface area contributed by atoms with Gasteiger partial charge in [-0.15, -0.1) is 0 Å². The van der Waals surface area contributed by atoms with Crippen molar-refractivity contribution in [3.63, 3.8) is 0 Å². The molecule has 3 nitrogen and oxygen atoms in total. The van der Waals surface area contributed by atoms with Gasteiger partial charge in [0.2, 0.25) is 0 Å². The summed E-state index contributed by atoms with van der Waals surface area (Å²) in [6, 6.07) is 0.729. The molecule has 2 rings (SSSR count). The highest BCUT2D eigenvalue weighted by molar-refractivity contribution is 4.91. The predicted octanol–water partition coefficient (Wildman–Crippen LogP) is 3.44. The topological polar surface area (TPSA) is 24.5 Å². The fraction of sp³-hybridized carbons (Fsp3) is 1.00. The Bertz CT molecular complexity index is 299. The zero-order chi connectivity index (χ0) is 15.3. The molecule has 124 valence electrons. The summed E-state index contributed by atoms with van der Waals surface area (Å²) in [7, 11) is 2.34. The molecule has 1 N–H and O–H groups in total. The minimum atomic E-state index is 0.224. The van der Waals surface area contributed by atoms with E-state index in [2.05, 4.69) is 38.0 Å². The van der Waals surface area contributed by atoms with Crippen molar-refractivity contribution in [3.8, 4) is 0 Å². The molecule has 1 heterocycles. The third-order valence-electron chi connectivity index (χ3n) is 5.31. The van der Waals surface area contributed by atoms with E-state index >= 15 is 0 Å². The molecule has 2 fully saturated rings. The second-order valence-electron chi connectivity index (χ2n) is 8.42. The zero-order valence-corrected chi connectivity index (χ0v) is 14.7. The van der Waals surface area contributed by atoms with Crippen LogP contribution < -0.4 is 5.32 Å². The molecule has 0 bridgehead atoms. The van der Waals surface area contributed by atoms with E-state index in [0.717, 1.165) is 19.3 Å². The summed E-state index contributed by atoms with van der Waals surface area (Å²) >= 11 is 0. The first-order valence-electron chi connectivity index (χ1n) is 8.93. The number of hydrogen-bond donors (Lipinski definition) is 1. The van der Waals surface area contributed by atoms with E-state index < -0.39 is 0 Å². The number of hydrogen-bond acceptors (Lipinski definition) is 3. The van der Waals surface area contributed by atoms with Gasteiger partial charge < -0.3 is 15.0 Å². The number of nitrogens with zero attached hydrogens (tertiary/aromatic N) is 1. The summed E-state index contributed by atoms with van der Waals surface area (Å²) in [6.07, 6.45) is 9.45. The van der Waals surface area contributed by atoms with Crippen LogP contribution in [0, 0.1) is 5.41 Å². The second-order valence-corrected chi connectivity index (χ2v) is 8.42. The standard InChI is InChI=1S/C18H36N2O/c1-17(2,3)19-14-18(10-6-5-7-11-18)15-20(4)16-8-12-21-13-9-16/h16,19H,5-15H2,1-4H3. The smallest absolute Gasteiger partial charge is 0.0480 e. The van der Waals surface area contributed by atoms with Gasteiger partial charge in [-0.3, -0.25) is 0 Å². The van der Waals surface area contributed by atoms with Gasteiger partial charge in [0.05, 0.1) is 0 Å². The van der Waals surface area contributed by atoms with E-state index in [-0.39, 0.29) is 5.54 Å². The second kappa shape index (κ2) is 7.43. The average Bonchev–Trinajstić information content (AvgIpc) is 2.46. The SMILES string of the molecule is CN(CC1(CNC(C)(C)C)CCCCC1)C1CCOCC1. The van der Waals surface area contributed by atoms with Crippen molar-refractivity contribution in [1.82, 2.24) is 10.2 Å². The maximum absolute atomic E-state index is 5.52. The van der Waals surface area contributed by atoms with Crippen LogP contribution in [0.25, 0.3) is 0 Å². The third-order valence-corrected chi connectivity index (χ3v) is 5.31. The van der Waals surface area contributed by atoms with Crippen molar-refractivity contribution in [2.45, 2.75) is 77.3 Å².